The van der Waals surface area contributed by atoms with Gasteiger partial charge in [0.1, 0.15) is 5.76 Å². The van der Waals surface area contributed by atoms with Crippen LogP contribution in [0, 0.1) is 5.92 Å². The second-order valence-electron chi connectivity index (χ2n) is 4.20. The van der Waals surface area contributed by atoms with Crippen LogP contribution >= 0.6 is 0 Å². The SMILES string of the molecule is CC(c1ccco1)C1CCCCC1. The van der Waals surface area contributed by atoms with Gasteiger partial charge in [0.25, 0.3) is 0 Å². The van der Waals surface area contributed by atoms with E-state index in [-0.39, 0.29) is 0 Å². The monoisotopic (exact) mass is 178 g/mol. The van der Waals surface area contributed by atoms with Gasteiger partial charge in [-0.25, -0.2) is 0 Å². The van der Waals surface area contributed by atoms with Crippen molar-refractivity contribution in [3.63, 3.8) is 0 Å². The molecule has 13 heavy (non-hydrogen) atoms. The molecule has 1 fully saturated rings. The minimum absolute atomic E-state index is 0.621. The van der Waals surface area contributed by atoms with E-state index in [0.717, 1.165) is 5.92 Å². The highest BCUT2D eigenvalue weighted by Gasteiger charge is 2.22. The first-order valence-electron chi connectivity index (χ1n) is 5.41. The van der Waals surface area contributed by atoms with Crippen molar-refractivity contribution >= 4 is 0 Å². The van der Waals surface area contributed by atoms with Gasteiger partial charge in [-0.2, -0.15) is 0 Å². The highest BCUT2D eigenvalue weighted by molar-refractivity contribution is 5.05. The maximum absolute atomic E-state index is 5.45. The van der Waals surface area contributed by atoms with Gasteiger partial charge in [-0.3, -0.25) is 0 Å². The fourth-order valence-electron chi connectivity index (χ4n) is 2.42. The standard InChI is InChI=1S/C12H18O/c1-10(12-8-5-9-13-12)11-6-3-2-4-7-11/h5,8-11H,2-4,6-7H2,1H3. The molecule has 2 rings (SSSR count). The topological polar surface area (TPSA) is 13.1 Å². The lowest BCUT2D eigenvalue weighted by atomic mass is 9.80. The molecule has 72 valence electrons. The first kappa shape index (κ1) is 8.86. The summed E-state index contributed by atoms with van der Waals surface area (Å²) in [6.45, 7) is 2.30. The molecule has 0 aliphatic heterocycles. The Labute approximate surface area is 80.1 Å². The van der Waals surface area contributed by atoms with Crippen LogP contribution < -0.4 is 0 Å². The van der Waals surface area contributed by atoms with Crippen molar-refractivity contribution in [1.82, 2.24) is 0 Å². The molecule has 0 N–H and O–H groups in total. The molecule has 0 saturated heterocycles. The smallest absolute Gasteiger partial charge is 0.106 e. The van der Waals surface area contributed by atoms with Crippen LogP contribution in [0.5, 0.6) is 0 Å². The average Bonchev–Trinajstić information content (AvgIpc) is 2.71. The molecule has 1 heteroatoms. The minimum atomic E-state index is 0.621. The van der Waals surface area contributed by atoms with E-state index in [9.17, 15) is 0 Å². The molecule has 1 nitrogen and oxygen atoms in total. The summed E-state index contributed by atoms with van der Waals surface area (Å²) in [7, 11) is 0. The Morgan fingerprint density at radius 1 is 1.31 bits per heavy atom. The van der Waals surface area contributed by atoms with Crippen LogP contribution in [0.1, 0.15) is 50.7 Å². The third kappa shape index (κ3) is 1.96. The molecule has 1 atom stereocenters. The molecule has 0 amide bonds. The summed E-state index contributed by atoms with van der Waals surface area (Å²) in [5.74, 6) is 2.65. The van der Waals surface area contributed by atoms with Crippen LogP contribution in [0.15, 0.2) is 22.8 Å². The summed E-state index contributed by atoms with van der Waals surface area (Å²) in [6.07, 6.45) is 8.82. The molecule has 1 aromatic rings. The maximum Gasteiger partial charge on any atom is 0.106 e. The Kier molecular flexibility index (Phi) is 2.72. The summed E-state index contributed by atoms with van der Waals surface area (Å²) in [5.41, 5.74) is 0. The van der Waals surface area contributed by atoms with E-state index in [1.165, 1.54) is 37.9 Å². The largest absolute Gasteiger partial charge is 0.469 e. The van der Waals surface area contributed by atoms with E-state index >= 15 is 0 Å². The predicted octanol–water partition coefficient (Wildman–Crippen LogP) is 3.96. The Bertz CT molecular complexity index is 232. The predicted molar refractivity (Wildman–Crippen MR) is 53.7 cm³/mol. The van der Waals surface area contributed by atoms with Gasteiger partial charge in [0.05, 0.1) is 6.26 Å². The molecule has 1 saturated carbocycles. The quantitative estimate of drug-likeness (QED) is 0.668. The first-order valence-corrected chi connectivity index (χ1v) is 5.41. The minimum Gasteiger partial charge on any atom is -0.469 e. The summed E-state index contributed by atoms with van der Waals surface area (Å²) in [4.78, 5) is 0. The molecule has 1 aliphatic carbocycles. The van der Waals surface area contributed by atoms with E-state index in [1.54, 1.807) is 6.26 Å². The molecule has 0 spiro atoms. The van der Waals surface area contributed by atoms with Gasteiger partial charge >= 0.3 is 0 Å². The van der Waals surface area contributed by atoms with Gasteiger partial charge < -0.3 is 4.42 Å². The third-order valence-corrected chi connectivity index (χ3v) is 3.35. The lowest BCUT2D eigenvalue weighted by Crippen LogP contribution is -2.13. The van der Waals surface area contributed by atoms with Crippen molar-refractivity contribution < 1.29 is 4.42 Å². The highest BCUT2D eigenvalue weighted by Crippen LogP contribution is 2.35. The first-order chi connectivity index (χ1) is 6.38. The summed E-state index contributed by atoms with van der Waals surface area (Å²) >= 11 is 0. The normalized spacial score (nSPS) is 21.6. The van der Waals surface area contributed by atoms with E-state index in [0.29, 0.717) is 5.92 Å². The van der Waals surface area contributed by atoms with Crippen molar-refractivity contribution in [2.24, 2.45) is 5.92 Å². The highest BCUT2D eigenvalue weighted by atomic mass is 16.3. The van der Waals surface area contributed by atoms with Gasteiger partial charge in [0, 0.05) is 5.92 Å². The van der Waals surface area contributed by atoms with Crippen LogP contribution in [-0.4, -0.2) is 0 Å². The molecule has 1 unspecified atom stereocenters. The number of furan rings is 1. The van der Waals surface area contributed by atoms with E-state index in [4.69, 9.17) is 4.42 Å². The van der Waals surface area contributed by atoms with Gasteiger partial charge in [-0.05, 0) is 30.9 Å². The van der Waals surface area contributed by atoms with Crippen molar-refractivity contribution in [2.45, 2.75) is 44.9 Å². The third-order valence-electron chi connectivity index (χ3n) is 3.35. The maximum atomic E-state index is 5.45. The molecular weight excluding hydrogens is 160 g/mol. The van der Waals surface area contributed by atoms with Crippen molar-refractivity contribution in [2.75, 3.05) is 0 Å². The molecule has 1 aliphatic rings. The number of hydrogen-bond donors (Lipinski definition) is 0. The number of rotatable bonds is 2. The Hall–Kier alpha value is -0.720. The molecule has 1 aromatic heterocycles. The van der Waals surface area contributed by atoms with Crippen LogP contribution in [0.25, 0.3) is 0 Å². The summed E-state index contributed by atoms with van der Waals surface area (Å²) in [5, 5.41) is 0. The Morgan fingerprint density at radius 2 is 2.08 bits per heavy atom. The second-order valence-corrected chi connectivity index (χ2v) is 4.20. The Balaban J connectivity index is 1.99. The van der Waals surface area contributed by atoms with Crippen LogP contribution in [-0.2, 0) is 0 Å². The summed E-state index contributed by atoms with van der Waals surface area (Å²) < 4.78 is 5.45. The Morgan fingerprint density at radius 3 is 2.69 bits per heavy atom. The molecule has 0 bridgehead atoms. The van der Waals surface area contributed by atoms with Crippen LogP contribution in [0.2, 0.25) is 0 Å². The molecular formula is C12H18O. The zero-order valence-corrected chi connectivity index (χ0v) is 8.33. The van der Waals surface area contributed by atoms with Crippen LogP contribution in [0.3, 0.4) is 0 Å². The lowest BCUT2D eigenvalue weighted by molar-refractivity contribution is 0.289. The van der Waals surface area contributed by atoms with Gasteiger partial charge in [0.2, 0.25) is 0 Å². The lowest BCUT2D eigenvalue weighted by Gasteiger charge is -2.26. The molecule has 0 radical (unpaired) electrons. The van der Waals surface area contributed by atoms with E-state index in [1.807, 2.05) is 6.07 Å². The molecule has 0 aromatic carbocycles. The average molecular weight is 178 g/mol. The van der Waals surface area contributed by atoms with Gasteiger partial charge in [0.15, 0.2) is 0 Å². The summed E-state index contributed by atoms with van der Waals surface area (Å²) in [6, 6.07) is 4.11. The zero-order chi connectivity index (χ0) is 9.10. The van der Waals surface area contributed by atoms with E-state index in [2.05, 4.69) is 13.0 Å². The van der Waals surface area contributed by atoms with Crippen LogP contribution in [0.4, 0.5) is 0 Å². The molecule has 1 heterocycles. The van der Waals surface area contributed by atoms with Crippen molar-refractivity contribution in [3.05, 3.63) is 24.2 Å². The fraction of sp³-hybridized carbons (Fsp3) is 0.667. The van der Waals surface area contributed by atoms with E-state index < -0.39 is 0 Å². The second kappa shape index (κ2) is 3.99. The van der Waals surface area contributed by atoms with Gasteiger partial charge in [-0.15, -0.1) is 0 Å². The zero-order valence-electron chi connectivity index (χ0n) is 8.33. The van der Waals surface area contributed by atoms with Gasteiger partial charge in [-0.1, -0.05) is 26.2 Å². The fourth-order valence-corrected chi connectivity index (χ4v) is 2.42. The van der Waals surface area contributed by atoms with Crippen molar-refractivity contribution in [3.8, 4) is 0 Å². The number of hydrogen-bond acceptors (Lipinski definition) is 1. The van der Waals surface area contributed by atoms with Crippen molar-refractivity contribution in [1.29, 1.82) is 0 Å².